The molecule has 3 N–H and O–H groups in total. The molecule has 1 aromatic carbocycles. The molecule has 0 heterocycles. The zero-order valence-corrected chi connectivity index (χ0v) is 7.48. The molecule has 62 valence electrons. The summed E-state index contributed by atoms with van der Waals surface area (Å²) < 4.78 is 0. The highest BCUT2D eigenvalue weighted by atomic mass is 32.2. The summed E-state index contributed by atoms with van der Waals surface area (Å²) in [6, 6.07) is 7.55. The minimum absolute atomic E-state index is 0.651. The highest BCUT2D eigenvalue weighted by Crippen LogP contribution is 2.22. The molecule has 3 nitrogen and oxygen atoms in total. The topological polar surface area (TPSA) is 61.8 Å². The van der Waals surface area contributed by atoms with Crippen LogP contribution in [0.25, 0.3) is 0 Å². The van der Waals surface area contributed by atoms with Crippen LogP contribution in [0.2, 0.25) is 0 Å². The average Bonchev–Trinajstić information content (AvgIpc) is 2.16. The van der Waals surface area contributed by atoms with Crippen LogP contribution in [-0.4, -0.2) is 6.26 Å². The normalized spacial score (nSPS) is 9.08. The van der Waals surface area contributed by atoms with E-state index >= 15 is 0 Å². The van der Waals surface area contributed by atoms with Crippen molar-refractivity contribution >= 4 is 17.4 Å². The quantitative estimate of drug-likeness (QED) is 0.411. The lowest BCUT2D eigenvalue weighted by molar-refractivity contribution is 1.31. The molecule has 0 saturated carbocycles. The Kier molecular flexibility index (Phi) is 2.97. The number of nitriles is 1. The molecule has 0 fully saturated rings. The van der Waals surface area contributed by atoms with E-state index in [0.29, 0.717) is 5.56 Å². The number of nitrogens with one attached hydrogen (secondary N) is 1. The molecule has 0 radical (unpaired) electrons. The SMILES string of the molecule is CSc1ccc(NN)cc1C#N. The number of benzene rings is 1. The monoisotopic (exact) mass is 179 g/mol. The molecule has 0 spiro atoms. The van der Waals surface area contributed by atoms with Crippen LogP contribution in [0.5, 0.6) is 0 Å². The van der Waals surface area contributed by atoms with Gasteiger partial charge in [-0.2, -0.15) is 5.26 Å². The number of rotatable bonds is 2. The van der Waals surface area contributed by atoms with Gasteiger partial charge in [-0.15, -0.1) is 11.8 Å². The van der Waals surface area contributed by atoms with Crippen LogP contribution < -0.4 is 11.3 Å². The Balaban J connectivity index is 3.13. The lowest BCUT2D eigenvalue weighted by Gasteiger charge is -2.02. The maximum atomic E-state index is 8.74. The number of nitrogens with zero attached hydrogens (tertiary/aromatic N) is 1. The fraction of sp³-hybridized carbons (Fsp3) is 0.125. The number of nitrogens with two attached hydrogens (primary N) is 1. The molecule has 12 heavy (non-hydrogen) atoms. The van der Waals surface area contributed by atoms with Crippen molar-refractivity contribution in [1.29, 1.82) is 5.26 Å². The molecule has 0 aliphatic heterocycles. The zero-order valence-electron chi connectivity index (χ0n) is 6.66. The van der Waals surface area contributed by atoms with Crippen molar-refractivity contribution < 1.29 is 0 Å². The number of thioether (sulfide) groups is 1. The van der Waals surface area contributed by atoms with Crippen LogP contribution in [0.15, 0.2) is 23.1 Å². The summed E-state index contributed by atoms with van der Waals surface area (Å²) in [5.74, 6) is 5.20. The van der Waals surface area contributed by atoms with Crippen molar-refractivity contribution in [3.05, 3.63) is 23.8 Å². The summed E-state index contributed by atoms with van der Waals surface area (Å²) in [5.41, 5.74) is 3.90. The first kappa shape index (κ1) is 8.91. The number of hydrogen-bond donors (Lipinski definition) is 2. The van der Waals surface area contributed by atoms with Crippen molar-refractivity contribution in [3.63, 3.8) is 0 Å². The highest BCUT2D eigenvalue weighted by molar-refractivity contribution is 7.98. The number of hydrogen-bond acceptors (Lipinski definition) is 4. The number of anilines is 1. The summed E-state index contributed by atoms with van der Waals surface area (Å²) >= 11 is 1.55. The summed E-state index contributed by atoms with van der Waals surface area (Å²) in [7, 11) is 0. The molecule has 0 aliphatic rings. The van der Waals surface area contributed by atoms with Crippen LogP contribution in [0.3, 0.4) is 0 Å². The van der Waals surface area contributed by atoms with Crippen molar-refractivity contribution in [2.75, 3.05) is 11.7 Å². The smallest absolute Gasteiger partial charge is 0.100 e. The van der Waals surface area contributed by atoms with Gasteiger partial charge in [-0.25, -0.2) is 0 Å². The molecule has 0 bridgehead atoms. The predicted octanol–water partition coefficient (Wildman–Crippen LogP) is 1.57. The maximum absolute atomic E-state index is 8.74. The average molecular weight is 179 g/mol. The van der Waals surface area contributed by atoms with E-state index in [2.05, 4.69) is 11.5 Å². The molecule has 1 rings (SSSR count). The predicted molar refractivity (Wildman–Crippen MR) is 50.7 cm³/mol. The van der Waals surface area contributed by atoms with E-state index in [1.165, 1.54) is 0 Å². The van der Waals surface area contributed by atoms with E-state index in [9.17, 15) is 0 Å². The van der Waals surface area contributed by atoms with E-state index in [-0.39, 0.29) is 0 Å². The highest BCUT2D eigenvalue weighted by Gasteiger charge is 2.00. The maximum Gasteiger partial charge on any atom is 0.100 e. The first-order chi connectivity index (χ1) is 5.81. The van der Waals surface area contributed by atoms with Gasteiger partial charge in [-0.05, 0) is 24.5 Å². The van der Waals surface area contributed by atoms with Gasteiger partial charge < -0.3 is 5.43 Å². The van der Waals surface area contributed by atoms with Gasteiger partial charge in [0.25, 0.3) is 0 Å². The van der Waals surface area contributed by atoms with Gasteiger partial charge in [0.05, 0.1) is 5.56 Å². The van der Waals surface area contributed by atoms with Gasteiger partial charge in [0.2, 0.25) is 0 Å². The molecule has 0 aliphatic carbocycles. The van der Waals surface area contributed by atoms with Crippen LogP contribution in [0.1, 0.15) is 5.56 Å². The van der Waals surface area contributed by atoms with Crippen LogP contribution in [-0.2, 0) is 0 Å². The van der Waals surface area contributed by atoms with Gasteiger partial charge in [0.1, 0.15) is 6.07 Å². The van der Waals surface area contributed by atoms with E-state index in [1.54, 1.807) is 17.8 Å². The third-order valence-electron chi connectivity index (χ3n) is 1.49. The van der Waals surface area contributed by atoms with Gasteiger partial charge in [-0.3, -0.25) is 5.84 Å². The third kappa shape index (κ3) is 1.70. The number of hydrazine groups is 1. The number of nitrogen functional groups attached to an aromatic ring is 1. The molecule has 0 unspecified atom stereocenters. The second kappa shape index (κ2) is 4.00. The van der Waals surface area contributed by atoms with Crippen molar-refractivity contribution in [1.82, 2.24) is 0 Å². The Bertz CT molecular complexity index is 317. The first-order valence-corrected chi connectivity index (χ1v) is 4.59. The van der Waals surface area contributed by atoms with Gasteiger partial charge in [-0.1, -0.05) is 0 Å². The molecule has 4 heteroatoms. The first-order valence-electron chi connectivity index (χ1n) is 3.36. The Morgan fingerprint density at radius 1 is 1.58 bits per heavy atom. The fourth-order valence-electron chi connectivity index (χ4n) is 0.885. The lowest BCUT2D eigenvalue weighted by Crippen LogP contribution is -2.06. The third-order valence-corrected chi connectivity index (χ3v) is 2.28. The molecule has 1 aromatic rings. The zero-order chi connectivity index (χ0) is 8.97. The summed E-state index contributed by atoms with van der Waals surface area (Å²) in [6.45, 7) is 0. The Labute approximate surface area is 75.5 Å². The van der Waals surface area contributed by atoms with Gasteiger partial charge in [0.15, 0.2) is 0 Å². The lowest BCUT2D eigenvalue weighted by atomic mass is 10.2. The molecule has 0 atom stereocenters. The summed E-state index contributed by atoms with van der Waals surface area (Å²) in [5, 5.41) is 8.74. The Morgan fingerprint density at radius 3 is 2.83 bits per heavy atom. The van der Waals surface area contributed by atoms with E-state index < -0.39 is 0 Å². The molecular weight excluding hydrogens is 170 g/mol. The van der Waals surface area contributed by atoms with Crippen molar-refractivity contribution in [2.45, 2.75) is 4.90 Å². The van der Waals surface area contributed by atoms with Gasteiger partial charge in [0, 0.05) is 10.6 Å². The molecule has 0 saturated heterocycles. The summed E-state index contributed by atoms with van der Waals surface area (Å²) in [6.07, 6.45) is 1.94. The minimum Gasteiger partial charge on any atom is -0.324 e. The minimum atomic E-state index is 0.651. The van der Waals surface area contributed by atoms with E-state index in [4.69, 9.17) is 11.1 Å². The summed E-state index contributed by atoms with van der Waals surface area (Å²) in [4.78, 5) is 0.969. The van der Waals surface area contributed by atoms with Crippen LogP contribution >= 0.6 is 11.8 Å². The Morgan fingerprint density at radius 2 is 2.33 bits per heavy atom. The van der Waals surface area contributed by atoms with E-state index in [1.807, 2.05) is 18.4 Å². The van der Waals surface area contributed by atoms with Crippen molar-refractivity contribution in [2.24, 2.45) is 5.84 Å². The molecule has 0 amide bonds. The second-order valence-corrected chi connectivity index (χ2v) is 3.02. The van der Waals surface area contributed by atoms with Gasteiger partial charge >= 0.3 is 0 Å². The van der Waals surface area contributed by atoms with Crippen LogP contribution in [0.4, 0.5) is 5.69 Å². The standard InChI is InChI=1S/C8H9N3S/c1-12-8-3-2-7(11-10)4-6(8)5-9/h2-4,11H,10H2,1H3. The van der Waals surface area contributed by atoms with E-state index in [0.717, 1.165) is 10.6 Å². The van der Waals surface area contributed by atoms with Crippen LogP contribution in [0, 0.1) is 11.3 Å². The molecular formula is C8H9N3S. The largest absolute Gasteiger partial charge is 0.324 e. The fourth-order valence-corrected chi connectivity index (χ4v) is 1.41. The Hall–Kier alpha value is -1.18. The van der Waals surface area contributed by atoms with Crippen molar-refractivity contribution in [3.8, 4) is 6.07 Å². The molecule has 0 aromatic heterocycles. The second-order valence-electron chi connectivity index (χ2n) is 2.17.